The molecular weight excluding hydrogens is 220 g/mol. The van der Waals surface area contributed by atoms with E-state index in [1.807, 2.05) is 0 Å². The molecule has 3 N–H and O–H groups in total. The Labute approximate surface area is 97.6 Å². The van der Waals surface area contributed by atoms with Crippen LogP contribution < -0.4 is 16.0 Å². The van der Waals surface area contributed by atoms with Crippen molar-refractivity contribution in [2.45, 2.75) is 13.0 Å². The predicted octanol–water partition coefficient (Wildman–Crippen LogP) is 1.17. The molecule has 0 aliphatic carbocycles. The number of fused-ring (bicyclic) bond motifs is 1. The van der Waals surface area contributed by atoms with Crippen molar-refractivity contribution in [3.05, 3.63) is 23.8 Å². The van der Waals surface area contributed by atoms with Crippen molar-refractivity contribution in [2.24, 2.45) is 0 Å². The van der Waals surface area contributed by atoms with Crippen LogP contribution in [-0.2, 0) is 11.3 Å². The van der Waals surface area contributed by atoms with Crippen LogP contribution in [0.4, 0.5) is 16.2 Å². The highest BCUT2D eigenvalue weighted by molar-refractivity contribution is 5.97. The van der Waals surface area contributed by atoms with Gasteiger partial charge in [-0.3, -0.25) is 4.79 Å². The third kappa shape index (κ3) is 2.34. The van der Waals surface area contributed by atoms with E-state index in [4.69, 9.17) is 5.26 Å². The highest BCUT2D eigenvalue weighted by Gasteiger charge is 2.17. The van der Waals surface area contributed by atoms with Gasteiger partial charge in [-0.25, -0.2) is 4.79 Å². The van der Waals surface area contributed by atoms with Gasteiger partial charge >= 0.3 is 6.03 Å². The molecule has 1 aromatic carbocycles. The molecular formula is C11H10N4O2. The SMILES string of the molecule is N#CCC(=O)Nc1cccc2c1CNC(=O)N2. The number of hydrogen-bond donors (Lipinski definition) is 3. The molecule has 17 heavy (non-hydrogen) atoms. The van der Waals surface area contributed by atoms with E-state index in [1.165, 1.54) is 0 Å². The molecule has 0 bridgehead atoms. The van der Waals surface area contributed by atoms with Gasteiger partial charge in [-0.1, -0.05) is 6.07 Å². The molecule has 1 aliphatic heterocycles. The third-order valence-corrected chi connectivity index (χ3v) is 2.36. The minimum absolute atomic E-state index is 0.191. The predicted molar refractivity (Wildman–Crippen MR) is 61.2 cm³/mol. The minimum Gasteiger partial charge on any atom is -0.334 e. The molecule has 0 saturated carbocycles. The molecule has 0 aromatic heterocycles. The van der Waals surface area contributed by atoms with E-state index in [-0.39, 0.29) is 18.4 Å². The van der Waals surface area contributed by atoms with Crippen LogP contribution in [0.1, 0.15) is 12.0 Å². The fourth-order valence-corrected chi connectivity index (χ4v) is 1.61. The van der Waals surface area contributed by atoms with Crippen LogP contribution in [0, 0.1) is 11.3 Å². The highest BCUT2D eigenvalue weighted by Crippen LogP contribution is 2.26. The molecule has 0 saturated heterocycles. The Morgan fingerprint density at radius 1 is 1.53 bits per heavy atom. The van der Waals surface area contributed by atoms with E-state index in [0.29, 0.717) is 17.9 Å². The Balaban J connectivity index is 2.24. The van der Waals surface area contributed by atoms with Crippen LogP contribution in [-0.4, -0.2) is 11.9 Å². The molecule has 86 valence electrons. The second-order valence-electron chi connectivity index (χ2n) is 3.52. The van der Waals surface area contributed by atoms with Crippen LogP contribution in [0.3, 0.4) is 0 Å². The lowest BCUT2D eigenvalue weighted by atomic mass is 10.1. The molecule has 1 heterocycles. The molecule has 6 heteroatoms. The largest absolute Gasteiger partial charge is 0.334 e. The summed E-state index contributed by atoms with van der Waals surface area (Å²) in [7, 11) is 0. The van der Waals surface area contributed by atoms with Gasteiger partial charge < -0.3 is 16.0 Å². The Hall–Kier alpha value is -2.55. The van der Waals surface area contributed by atoms with Crippen LogP contribution in [0.15, 0.2) is 18.2 Å². The summed E-state index contributed by atoms with van der Waals surface area (Å²) in [6.45, 7) is 0.351. The number of nitrogens with one attached hydrogen (secondary N) is 3. The van der Waals surface area contributed by atoms with Crippen molar-refractivity contribution in [1.29, 1.82) is 5.26 Å². The molecule has 0 radical (unpaired) electrons. The summed E-state index contributed by atoms with van der Waals surface area (Å²) in [5.74, 6) is -0.363. The summed E-state index contributed by atoms with van der Waals surface area (Å²) in [6.07, 6.45) is -0.191. The molecule has 6 nitrogen and oxygen atoms in total. The van der Waals surface area contributed by atoms with Crippen LogP contribution in [0.25, 0.3) is 0 Å². The lowest BCUT2D eigenvalue weighted by molar-refractivity contribution is -0.115. The molecule has 0 spiro atoms. The second kappa shape index (κ2) is 4.53. The zero-order valence-electron chi connectivity index (χ0n) is 8.91. The Bertz CT molecular complexity index is 519. The quantitative estimate of drug-likeness (QED) is 0.711. The summed E-state index contributed by atoms with van der Waals surface area (Å²) in [6, 6.07) is 6.73. The fraction of sp³-hybridized carbons (Fsp3) is 0.182. The summed E-state index contributed by atoms with van der Waals surface area (Å²) in [5, 5.41) is 16.3. The van der Waals surface area contributed by atoms with E-state index in [9.17, 15) is 9.59 Å². The Kier molecular flexibility index (Phi) is 2.92. The smallest absolute Gasteiger partial charge is 0.319 e. The number of amides is 3. The maximum absolute atomic E-state index is 11.3. The van der Waals surface area contributed by atoms with E-state index >= 15 is 0 Å². The summed E-state index contributed by atoms with van der Waals surface area (Å²) in [5.41, 5.74) is 2.08. The lowest BCUT2D eigenvalue weighted by Gasteiger charge is -2.21. The second-order valence-corrected chi connectivity index (χ2v) is 3.52. The molecule has 1 aliphatic rings. The number of anilines is 2. The van der Waals surface area contributed by atoms with Gasteiger partial charge in [0.05, 0.1) is 6.07 Å². The van der Waals surface area contributed by atoms with Crippen molar-refractivity contribution in [3.8, 4) is 6.07 Å². The monoisotopic (exact) mass is 230 g/mol. The number of hydrogen-bond acceptors (Lipinski definition) is 3. The maximum Gasteiger partial charge on any atom is 0.319 e. The van der Waals surface area contributed by atoms with Crippen molar-refractivity contribution in [3.63, 3.8) is 0 Å². The van der Waals surface area contributed by atoms with Gasteiger partial charge in [-0.05, 0) is 12.1 Å². The molecule has 1 aromatic rings. The normalized spacial score (nSPS) is 12.8. The average molecular weight is 230 g/mol. The van der Waals surface area contributed by atoms with Gasteiger partial charge in [0.15, 0.2) is 0 Å². The van der Waals surface area contributed by atoms with Gasteiger partial charge in [-0.2, -0.15) is 5.26 Å². The summed E-state index contributed by atoms with van der Waals surface area (Å²) < 4.78 is 0. The Morgan fingerprint density at radius 3 is 3.12 bits per heavy atom. The molecule has 0 fully saturated rings. The number of carbonyl (C=O) groups is 2. The third-order valence-electron chi connectivity index (χ3n) is 2.36. The first-order chi connectivity index (χ1) is 8.20. The van der Waals surface area contributed by atoms with Crippen LogP contribution >= 0.6 is 0 Å². The zero-order valence-corrected chi connectivity index (χ0v) is 8.91. The Morgan fingerprint density at radius 2 is 2.35 bits per heavy atom. The van der Waals surface area contributed by atoms with Crippen LogP contribution in [0.5, 0.6) is 0 Å². The number of urea groups is 1. The number of rotatable bonds is 2. The minimum atomic E-state index is -0.363. The van der Waals surface area contributed by atoms with E-state index in [1.54, 1.807) is 24.3 Å². The first-order valence-corrected chi connectivity index (χ1v) is 5.04. The number of nitrogens with zero attached hydrogens (tertiary/aromatic N) is 1. The van der Waals surface area contributed by atoms with Crippen molar-refractivity contribution < 1.29 is 9.59 Å². The van der Waals surface area contributed by atoms with Gasteiger partial charge in [0.25, 0.3) is 0 Å². The fourth-order valence-electron chi connectivity index (χ4n) is 1.61. The summed E-state index contributed by atoms with van der Waals surface area (Å²) in [4.78, 5) is 22.4. The average Bonchev–Trinajstić information content (AvgIpc) is 2.29. The van der Waals surface area contributed by atoms with E-state index in [0.717, 1.165) is 5.56 Å². The van der Waals surface area contributed by atoms with Crippen molar-refractivity contribution >= 4 is 23.3 Å². The van der Waals surface area contributed by atoms with Gasteiger partial charge in [0.1, 0.15) is 6.42 Å². The van der Waals surface area contributed by atoms with E-state index in [2.05, 4.69) is 16.0 Å². The molecule has 2 rings (SSSR count). The molecule has 3 amide bonds. The van der Waals surface area contributed by atoms with Gasteiger partial charge in [0.2, 0.25) is 5.91 Å². The van der Waals surface area contributed by atoms with Crippen LogP contribution in [0.2, 0.25) is 0 Å². The van der Waals surface area contributed by atoms with E-state index < -0.39 is 0 Å². The topological polar surface area (TPSA) is 94.0 Å². The van der Waals surface area contributed by atoms with Gasteiger partial charge in [-0.15, -0.1) is 0 Å². The first-order valence-electron chi connectivity index (χ1n) is 5.04. The zero-order chi connectivity index (χ0) is 12.3. The molecule has 0 atom stereocenters. The maximum atomic E-state index is 11.3. The highest BCUT2D eigenvalue weighted by atomic mass is 16.2. The number of carbonyl (C=O) groups excluding carboxylic acids is 2. The number of benzene rings is 1. The standard InChI is InChI=1S/C11H10N4O2/c12-5-4-10(16)14-8-2-1-3-9-7(8)6-13-11(17)15-9/h1-3H,4,6H2,(H,14,16)(H2,13,15,17). The van der Waals surface area contributed by atoms with Gasteiger partial charge in [0, 0.05) is 23.5 Å². The first kappa shape index (κ1) is 11.0. The lowest BCUT2D eigenvalue weighted by Crippen LogP contribution is -2.34. The van der Waals surface area contributed by atoms with Crippen molar-refractivity contribution in [1.82, 2.24) is 5.32 Å². The molecule has 0 unspecified atom stereocenters. The van der Waals surface area contributed by atoms with Crippen molar-refractivity contribution in [2.75, 3.05) is 10.6 Å². The summed E-state index contributed by atoms with van der Waals surface area (Å²) >= 11 is 0. The number of nitriles is 1.